The lowest BCUT2D eigenvalue weighted by atomic mass is 9.53. The molecule has 0 aromatic rings. The molecule has 0 unspecified atom stereocenters. The SMILES string of the molecule is C=C[C@]1(C)C=C2CCC3=C(CCC[C@@]3(C)C(=O)OC)[C@]2(C)CC1. The van der Waals surface area contributed by atoms with E-state index in [0.717, 1.165) is 44.9 Å². The van der Waals surface area contributed by atoms with Crippen LogP contribution >= 0.6 is 0 Å². The summed E-state index contributed by atoms with van der Waals surface area (Å²) in [5, 5.41) is 0. The van der Waals surface area contributed by atoms with E-state index in [4.69, 9.17) is 4.74 Å². The first-order valence-electron chi connectivity index (χ1n) is 8.96. The summed E-state index contributed by atoms with van der Waals surface area (Å²) in [5.74, 6) is -0.0486. The van der Waals surface area contributed by atoms with Crippen molar-refractivity contribution in [2.24, 2.45) is 16.2 Å². The number of esters is 1. The molecule has 0 spiro atoms. The Morgan fingerprint density at radius 2 is 1.87 bits per heavy atom. The van der Waals surface area contributed by atoms with Gasteiger partial charge in [0.05, 0.1) is 12.5 Å². The van der Waals surface area contributed by atoms with E-state index in [1.165, 1.54) is 12.7 Å². The molecule has 3 aliphatic rings. The number of rotatable bonds is 2. The Balaban J connectivity index is 2.10. The summed E-state index contributed by atoms with van der Waals surface area (Å²) in [6, 6.07) is 0. The molecule has 0 aromatic heterocycles. The van der Waals surface area contributed by atoms with Crippen LogP contribution in [0.3, 0.4) is 0 Å². The summed E-state index contributed by atoms with van der Waals surface area (Å²) < 4.78 is 5.16. The van der Waals surface area contributed by atoms with E-state index in [1.54, 1.807) is 11.1 Å². The van der Waals surface area contributed by atoms with Gasteiger partial charge in [-0.1, -0.05) is 42.7 Å². The molecule has 0 fully saturated rings. The Labute approximate surface area is 140 Å². The number of hydrogen-bond acceptors (Lipinski definition) is 2. The topological polar surface area (TPSA) is 26.3 Å². The molecule has 3 aliphatic carbocycles. The lowest BCUT2D eigenvalue weighted by Gasteiger charge is -2.51. The first-order valence-corrected chi connectivity index (χ1v) is 8.96. The summed E-state index contributed by atoms with van der Waals surface area (Å²) in [5.41, 5.74) is 4.37. The lowest BCUT2D eigenvalue weighted by Crippen LogP contribution is -2.42. The van der Waals surface area contributed by atoms with E-state index >= 15 is 0 Å². The van der Waals surface area contributed by atoms with E-state index < -0.39 is 5.41 Å². The fraction of sp³-hybridized carbons (Fsp3) is 0.667. The number of allylic oxidation sites excluding steroid dienone is 4. The highest BCUT2D eigenvalue weighted by molar-refractivity contribution is 5.81. The average Bonchev–Trinajstić information content (AvgIpc) is 2.55. The number of carbonyl (C=O) groups excluding carboxylic acids is 1. The minimum atomic E-state index is -0.407. The molecular weight excluding hydrogens is 284 g/mol. The number of carbonyl (C=O) groups is 1. The minimum absolute atomic E-state index is 0.0486. The van der Waals surface area contributed by atoms with Gasteiger partial charge >= 0.3 is 5.97 Å². The van der Waals surface area contributed by atoms with E-state index in [2.05, 4.69) is 39.5 Å². The Morgan fingerprint density at radius 1 is 1.13 bits per heavy atom. The molecule has 3 atom stereocenters. The van der Waals surface area contributed by atoms with Crippen LogP contribution in [0.1, 0.15) is 65.7 Å². The molecule has 0 N–H and O–H groups in total. The molecule has 0 saturated heterocycles. The zero-order valence-electron chi connectivity index (χ0n) is 15.1. The van der Waals surface area contributed by atoms with Crippen molar-refractivity contribution in [2.45, 2.75) is 65.7 Å². The van der Waals surface area contributed by atoms with Crippen molar-refractivity contribution in [2.75, 3.05) is 7.11 Å². The summed E-state index contributed by atoms with van der Waals surface area (Å²) in [4.78, 5) is 12.5. The smallest absolute Gasteiger partial charge is 0.315 e. The van der Waals surface area contributed by atoms with Crippen LogP contribution in [0.15, 0.2) is 35.5 Å². The van der Waals surface area contributed by atoms with Gasteiger partial charge in [-0.25, -0.2) is 0 Å². The Kier molecular flexibility index (Phi) is 3.85. The van der Waals surface area contributed by atoms with Crippen LogP contribution in [-0.4, -0.2) is 13.1 Å². The molecule has 0 aromatic carbocycles. The normalized spacial score (nSPS) is 39.9. The lowest BCUT2D eigenvalue weighted by molar-refractivity contribution is -0.150. The van der Waals surface area contributed by atoms with Gasteiger partial charge in [0.15, 0.2) is 0 Å². The summed E-state index contributed by atoms with van der Waals surface area (Å²) in [6.07, 6.45) is 12.1. The number of hydrogen-bond donors (Lipinski definition) is 0. The summed E-state index contributed by atoms with van der Waals surface area (Å²) >= 11 is 0. The van der Waals surface area contributed by atoms with Gasteiger partial charge in [-0.15, -0.1) is 6.58 Å². The van der Waals surface area contributed by atoms with Crippen molar-refractivity contribution in [1.29, 1.82) is 0 Å². The third-order valence-corrected chi connectivity index (χ3v) is 6.92. The van der Waals surface area contributed by atoms with E-state index in [-0.39, 0.29) is 16.8 Å². The number of fused-ring (bicyclic) bond motifs is 2. The maximum absolute atomic E-state index is 12.5. The summed E-state index contributed by atoms with van der Waals surface area (Å²) in [6.45, 7) is 10.8. The summed E-state index contributed by atoms with van der Waals surface area (Å²) in [7, 11) is 1.52. The van der Waals surface area contributed by atoms with Crippen LogP contribution in [-0.2, 0) is 9.53 Å². The van der Waals surface area contributed by atoms with Crippen LogP contribution in [0.5, 0.6) is 0 Å². The fourth-order valence-electron chi connectivity index (χ4n) is 5.16. The van der Waals surface area contributed by atoms with Gasteiger partial charge in [0, 0.05) is 10.8 Å². The van der Waals surface area contributed by atoms with Crippen molar-refractivity contribution < 1.29 is 9.53 Å². The molecule has 0 amide bonds. The molecule has 0 radical (unpaired) electrons. The zero-order valence-corrected chi connectivity index (χ0v) is 15.1. The Hall–Kier alpha value is -1.31. The molecule has 0 saturated carbocycles. The van der Waals surface area contributed by atoms with Crippen molar-refractivity contribution in [3.63, 3.8) is 0 Å². The molecule has 2 heteroatoms. The maximum atomic E-state index is 12.5. The van der Waals surface area contributed by atoms with Crippen LogP contribution < -0.4 is 0 Å². The standard InChI is InChI=1S/C21H30O2/c1-6-19(2)12-13-20(3)15(14-19)9-10-17-16(20)8-7-11-21(17,4)18(22)23-5/h6,14H,1,7-13H2,2-5H3/t19-,20+,21+/m0/s1. The minimum Gasteiger partial charge on any atom is -0.468 e. The Bertz CT molecular complexity index is 611. The predicted molar refractivity (Wildman–Crippen MR) is 94.0 cm³/mol. The van der Waals surface area contributed by atoms with Gasteiger partial charge < -0.3 is 4.74 Å². The van der Waals surface area contributed by atoms with Crippen molar-refractivity contribution in [1.82, 2.24) is 0 Å². The first-order chi connectivity index (χ1) is 10.8. The maximum Gasteiger partial charge on any atom is 0.315 e. The van der Waals surface area contributed by atoms with Crippen LogP contribution in [0.25, 0.3) is 0 Å². The predicted octanol–water partition coefficient (Wildman–Crippen LogP) is 5.36. The second-order valence-electron chi connectivity index (χ2n) is 8.35. The van der Waals surface area contributed by atoms with Gasteiger partial charge in [0.25, 0.3) is 0 Å². The average molecular weight is 314 g/mol. The van der Waals surface area contributed by atoms with E-state index in [1.807, 2.05) is 0 Å². The molecule has 2 nitrogen and oxygen atoms in total. The largest absolute Gasteiger partial charge is 0.468 e. The number of ether oxygens (including phenoxy) is 1. The monoisotopic (exact) mass is 314 g/mol. The van der Waals surface area contributed by atoms with Gasteiger partial charge in [-0.05, 0) is 51.9 Å². The highest BCUT2D eigenvalue weighted by atomic mass is 16.5. The highest BCUT2D eigenvalue weighted by Crippen LogP contribution is 2.60. The van der Waals surface area contributed by atoms with Crippen molar-refractivity contribution in [3.8, 4) is 0 Å². The second-order valence-corrected chi connectivity index (χ2v) is 8.35. The molecule has 23 heavy (non-hydrogen) atoms. The van der Waals surface area contributed by atoms with Crippen LogP contribution in [0, 0.1) is 16.2 Å². The molecule has 3 rings (SSSR count). The molecular formula is C21H30O2. The van der Waals surface area contributed by atoms with Gasteiger partial charge in [0.1, 0.15) is 0 Å². The third kappa shape index (κ3) is 2.33. The van der Waals surface area contributed by atoms with Crippen molar-refractivity contribution >= 4 is 5.97 Å². The van der Waals surface area contributed by atoms with Crippen LogP contribution in [0.2, 0.25) is 0 Å². The van der Waals surface area contributed by atoms with E-state index in [0.29, 0.717) is 0 Å². The van der Waals surface area contributed by atoms with Crippen LogP contribution in [0.4, 0.5) is 0 Å². The zero-order chi connectivity index (χ0) is 16.9. The van der Waals surface area contributed by atoms with Crippen molar-refractivity contribution in [3.05, 3.63) is 35.5 Å². The second kappa shape index (κ2) is 5.36. The van der Waals surface area contributed by atoms with Gasteiger partial charge in [-0.3, -0.25) is 4.79 Å². The highest BCUT2D eigenvalue weighted by Gasteiger charge is 2.50. The molecule has 126 valence electrons. The quantitative estimate of drug-likeness (QED) is 0.506. The van der Waals surface area contributed by atoms with E-state index in [9.17, 15) is 4.79 Å². The number of methoxy groups -OCH3 is 1. The molecule has 0 heterocycles. The fourth-order valence-corrected chi connectivity index (χ4v) is 5.16. The van der Waals surface area contributed by atoms with Gasteiger partial charge in [-0.2, -0.15) is 0 Å². The first kappa shape index (κ1) is 16.5. The van der Waals surface area contributed by atoms with Gasteiger partial charge in [0.2, 0.25) is 0 Å². The molecule has 0 bridgehead atoms. The molecule has 0 aliphatic heterocycles. The third-order valence-electron chi connectivity index (χ3n) is 6.92. The Morgan fingerprint density at radius 3 is 2.52 bits per heavy atom.